The number of ether oxygens (including phenoxy) is 4. The average Bonchev–Trinajstić information content (AvgIpc) is 1.62. The SMILES string of the molecule is COC(=O)[C@H](CCCCNC(=O)c1cc2c(cc1C(=O)NCCc1ccc(Cl)cc1)CN(C(=O)CCCCCCC(=O)N1Cc3cc(C(=O)NCCCC[C@H](NC(=O)OCc4ccccc4)C(=O)OC)c(C(=O)NCCc4ccc(Cl)cc4)cc3C1)C2)NC(=O)OCc1ccccc1. The van der Waals surface area contributed by atoms with Crippen LogP contribution in [0.15, 0.2) is 133 Å². The van der Waals surface area contributed by atoms with Crippen LogP contribution in [0.25, 0.3) is 0 Å². The van der Waals surface area contributed by atoms with Crippen LogP contribution in [0.3, 0.4) is 0 Å². The molecule has 2 aliphatic rings. The Morgan fingerprint density at radius 3 is 1.05 bits per heavy atom. The van der Waals surface area contributed by atoms with E-state index in [-0.39, 0.29) is 125 Å². The van der Waals surface area contributed by atoms with Crippen LogP contribution < -0.4 is 31.9 Å². The molecule has 0 spiro atoms. The Morgan fingerprint density at radius 2 is 0.724 bits per heavy atom. The lowest BCUT2D eigenvalue weighted by Crippen LogP contribution is -2.41. The molecule has 22 nitrogen and oxygen atoms in total. The molecule has 0 radical (unpaired) electrons. The number of rotatable bonds is 35. The summed E-state index contributed by atoms with van der Waals surface area (Å²) >= 11 is 12.2. The molecule has 6 aromatic carbocycles. The van der Waals surface area contributed by atoms with Crippen molar-refractivity contribution in [2.24, 2.45) is 0 Å². The predicted octanol–water partition coefficient (Wildman–Crippen LogP) is 10.4. The van der Waals surface area contributed by atoms with Crippen LogP contribution in [-0.4, -0.2) is 122 Å². The lowest BCUT2D eigenvalue weighted by molar-refractivity contribution is -0.144. The lowest BCUT2D eigenvalue weighted by Gasteiger charge is -2.17. The van der Waals surface area contributed by atoms with Gasteiger partial charge in [-0.05, 0) is 157 Å². The molecule has 6 N–H and O–H groups in total. The number of hydrogen-bond donors (Lipinski definition) is 6. The van der Waals surface area contributed by atoms with E-state index in [1.54, 1.807) is 58.3 Å². The highest BCUT2D eigenvalue weighted by Gasteiger charge is 2.31. The first-order chi connectivity index (χ1) is 47.4. The van der Waals surface area contributed by atoms with E-state index >= 15 is 0 Å². The second kappa shape index (κ2) is 38.2. The summed E-state index contributed by atoms with van der Waals surface area (Å²) in [6, 6.07) is 37.5. The highest BCUT2D eigenvalue weighted by atomic mass is 35.5. The fraction of sp³-hybridized carbons (Fsp3) is 0.378. The third-order valence-electron chi connectivity index (χ3n) is 17.0. The minimum atomic E-state index is -0.979. The molecule has 2 heterocycles. The van der Waals surface area contributed by atoms with Crippen LogP contribution in [0.5, 0.6) is 0 Å². The highest BCUT2D eigenvalue weighted by molar-refractivity contribution is 6.30. The van der Waals surface area contributed by atoms with Crippen LogP contribution in [0.4, 0.5) is 9.59 Å². The molecule has 0 unspecified atom stereocenters. The van der Waals surface area contributed by atoms with Crippen molar-refractivity contribution < 1.29 is 66.9 Å². The summed E-state index contributed by atoms with van der Waals surface area (Å²) in [5, 5.41) is 18.0. The quantitative estimate of drug-likeness (QED) is 0.0123. The number of hydrogen-bond acceptors (Lipinski definition) is 14. The summed E-state index contributed by atoms with van der Waals surface area (Å²) in [7, 11) is 2.45. The first kappa shape index (κ1) is 74.0. The number of nitrogens with one attached hydrogen (secondary N) is 6. The van der Waals surface area contributed by atoms with Crippen molar-refractivity contribution in [1.29, 1.82) is 0 Å². The van der Waals surface area contributed by atoms with Crippen molar-refractivity contribution in [1.82, 2.24) is 41.7 Å². The fourth-order valence-electron chi connectivity index (χ4n) is 11.5. The van der Waals surface area contributed by atoms with Gasteiger partial charge in [-0.15, -0.1) is 0 Å². The van der Waals surface area contributed by atoms with Gasteiger partial charge in [0.05, 0.1) is 36.5 Å². The third-order valence-corrected chi connectivity index (χ3v) is 17.5. The Labute approximate surface area is 580 Å². The zero-order valence-corrected chi connectivity index (χ0v) is 56.7. The highest BCUT2D eigenvalue weighted by Crippen LogP contribution is 2.30. The molecule has 2 atom stereocenters. The van der Waals surface area contributed by atoms with Crippen LogP contribution in [0, 0.1) is 0 Å². The number of unbranched alkanes of at least 4 members (excludes halogenated alkanes) is 5. The summed E-state index contributed by atoms with van der Waals surface area (Å²) in [5.74, 6) is -3.34. The van der Waals surface area contributed by atoms with Gasteiger partial charge in [-0.1, -0.05) is 121 Å². The maximum Gasteiger partial charge on any atom is 0.408 e. The zero-order chi connectivity index (χ0) is 69.8. The van der Waals surface area contributed by atoms with E-state index in [4.69, 9.17) is 42.1 Å². The molecule has 0 aliphatic carbocycles. The number of fused-ring (bicyclic) bond motifs is 2. The molecule has 0 bridgehead atoms. The van der Waals surface area contributed by atoms with Crippen molar-refractivity contribution >= 4 is 82.8 Å². The number of nitrogens with zero attached hydrogens (tertiary/aromatic N) is 2. The van der Waals surface area contributed by atoms with Gasteiger partial charge >= 0.3 is 24.1 Å². The summed E-state index contributed by atoms with van der Waals surface area (Å²) in [4.78, 5) is 137. The van der Waals surface area contributed by atoms with Crippen molar-refractivity contribution in [3.8, 4) is 0 Å². The van der Waals surface area contributed by atoms with Gasteiger partial charge in [-0.3, -0.25) is 28.8 Å². The molecular formula is C74H84Cl2N8O14. The Hall–Kier alpha value is -9.80. The van der Waals surface area contributed by atoms with Gasteiger partial charge in [0, 0.05) is 75.2 Å². The Kier molecular flexibility index (Phi) is 28.9. The van der Waals surface area contributed by atoms with E-state index in [0.29, 0.717) is 74.3 Å². The van der Waals surface area contributed by atoms with Crippen LogP contribution in [-0.2, 0) is 90.4 Å². The van der Waals surface area contributed by atoms with Gasteiger partial charge < -0.3 is 60.6 Å². The second-order valence-corrected chi connectivity index (χ2v) is 25.0. The predicted molar refractivity (Wildman–Crippen MR) is 368 cm³/mol. The van der Waals surface area contributed by atoms with Crippen molar-refractivity contribution in [3.63, 3.8) is 0 Å². The molecule has 0 saturated heterocycles. The largest absolute Gasteiger partial charge is 0.467 e. The van der Waals surface area contributed by atoms with Gasteiger partial charge in [0.15, 0.2) is 0 Å². The van der Waals surface area contributed by atoms with E-state index in [2.05, 4.69) is 31.9 Å². The molecule has 0 aromatic heterocycles. The second-order valence-electron chi connectivity index (χ2n) is 24.1. The fourth-order valence-corrected chi connectivity index (χ4v) is 11.8. The van der Waals surface area contributed by atoms with E-state index in [9.17, 15) is 47.9 Å². The monoisotopic (exact) mass is 1380 g/mol. The lowest BCUT2D eigenvalue weighted by atomic mass is 9.98. The molecule has 8 amide bonds. The summed E-state index contributed by atoms with van der Waals surface area (Å²) in [5.41, 5.74) is 7.09. The Balaban J connectivity index is 0.802. The molecule has 0 saturated carbocycles. The van der Waals surface area contributed by atoms with Gasteiger partial charge in [-0.2, -0.15) is 0 Å². The number of methoxy groups -OCH3 is 2. The number of amides is 8. The van der Waals surface area contributed by atoms with Gasteiger partial charge in [-0.25, -0.2) is 19.2 Å². The normalized spacial score (nSPS) is 12.6. The Morgan fingerprint density at radius 1 is 0.398 bits per heavy atom. The van der Waals surface area contributed by atoms with Crippen molar-refractivity contribution in [2.45, 2.75) is 141 Å². The summed E-state index contributed by atoms with van der Waals surface area (Å²) < 4.78 is 20.4. The first-order valence-electron chi connectivity index (χ1n) is 33.0. The minimum absolute atomic E-state index is 0.0192. The smallest absolute Gasteiger partial charge is 0.408 e. The minimum Gasteiger partial charge on any atom is -0.467 e. The van der Waals surface area contributed by atoms with E-state index in [0.717, 1.165) is 44.5 Å². The number of carbonyl (C=O) groups excluding carboxylic acids is 10. The third kappa shape index (κ3) is 22.9. The van der Waals surface area contributed by atoms with Gasteiger partial charge in [0.1, 0.15) is 25.3 Å². The van der Waals surface area contributed by atoms with Crippen LogP contribution in [0.1, 0.15) is 163 Å². The zero-order valence-electron chi connectivity index (χ0n) is 55.2. The number of esters is 2. The number of halogens is 2. The molecule has 6 aromatic rings. The maximum atomic E-state index is 14.0. The molecule has 8 rings (SSSR count). The number of benzene rings is 6. The van der Waals surface area contributed by atoms with Crippen LogP contribution in [0.2, 0.25) is 10.0 Å². The first-order valence-corrected chi connectivity index (χ1v) is 33.8. The van der Waals surface area contributed by atoms with E-state index < -0.39 is 59.8 Å². The molecule has 0 fully saturated rings. The standard InChI is InChI=1S/C74H84Cl2N8O14/c1-95-71(91)63(81-73(93)97-47-51-17-7-5-8-18-51)21-13-15-35-77-67(87)59-39-53-43-83(45-55(53)41-61(59)69(89)79-37-33-49-25-29-57(75)30-26-49)65(85)23-11-3-4-12-24-66(86)84-44-54-40-60(62(42-56(54)46-84)70(90)80-38-34-50-27-31-58(76)32-28-50)68(88)78-36-16-14-22-64(72(92)96-2)82-74(94)98-48-52-19-9-6-10-20-52/h5-10,17-20,25-32,39-42,63-64H,3-4,11-16,21-24,33-38,43-48H2,1-2H3,(H,77,87)(H,78,88)(H,79,89)(H,80,90)(H,81,93)(H,82,94)/t63-,64-/m0/s1. The van der Waals surface area contributed by atoms with Crippen molar-refractivity contribution in [2.75, 3.05) is 40.4 Å². The number of alkyl carbamates (subject to hydrolysis) is 2. The maximum absolute atomic E-state index is 14.0. The molecule has 518 valence electrons. The summed E-state index contributed by atoms with van der Waals surface area (Å²) in [6.07, 6.45) is 4.63. The average molecular weight is 1380 g/mol. The van der Waals surface area contributed by atoms with E-state index in [1.807, 2.05) is 84.9 Å². The Bertz CT molecular complexity index is 3510. The van der Waals surface area contributed by atoms with Gasteiger partial charge in [0.25, 0.3) is 23.6 Å². The topological polar surface area (TPSA) is 286 Å². The molecule has 2 aliphatic heterocycles. The van der Waals surface area contributed by atoms with E-state index in [1.165, 1.54) is 14.2 Å². The van der Waals surface area contributed by atoms with Crippen molar-refractivity contribution in [3.05, 3.63) is 210 Å². The molecular weight excluding hydrogens is 1300 g/mol. The van der Waals surface area contributed by atoms with Gasteiger partial charge in [0.2, 0.25) is 11.8 Å². The molecule has 98 heavy (non-hydrogen) atoms. The van der Waals surface area contributed by atoms with Crippen LogP contribution >= 0.6 is 23.2 Å². The summed E-state index contributed by atoms with van der Waals surface area (Å²) in [6.45, 7) is 1.98. The number of carbonyl (C=O) groups is 10. The molecule has 24 heteroatoms.